The molecule has 0 saturated carbocycles. The molecule has 0 bridgehead atoms. The number of unbranched alkanes of at least 4 members (excludes halogenated alkanes) is 3. The second kappa shape index (κ2) is 7.36. The lowest BCUT2D eigenvalue weighted by atomic mass is 10.2. The van der Waals surface area contributed by atoms with Gasteiger partial charge in [0.2, 0.25) is 0 Å². The monoisotopic (exact) mass is 354 g/mol. The Balaban J connectivity index is 2.58. The fourth-order valence-corrected chi connectivity index (χ4v) is 2.88. The van der Waals surface area contributed by atoms with E-state index in [1.54, 1.807) is 6.07 Å². The lowest BCUT2D eigenvalue weighted by Gasteiger charge is -2.08. The Labute approximate surface area is 121 Å². The van der Waals surface area contributed by atoms with Gasteiger partial charge in [0.05, 0.1) is 16.0 Å². The van der Waals surface area contributed by atoms with Crippen LogP contribution in [0.1, 0.15) is 32.6 Å². The molecule has 1 aromatic rings. The van der Waals surface area contributed by atoms with E-state index in [4.69, 9.17) is 15.4 Å². The zero-order valence-electron chi connectivity index (χ0n) is 10.2. The van der Waals surface area contributed by atoms with Crippen LogP contribution in [0.2, 0.25) is 0 Å². The molecule has 0 unspecified atom stereocenters. The Hall–Kier alpha value is -0.260. The summed E-state index contributed by atoms with van der Waals surface area (Å²) in [7, 11) is 1.57. The van der Waals surface area contributed by atoms with Crippen molar-refractivity contribution in [3.05, 3.63) is 22.7 Å². The predicted octanol–water partition coefficient (Wildman–Crippen LogP) is 4.34. The summed E-state index contributed by atoms with van der Waals surface area (Å²) in [6, 6.07) is 4.50. The van der Waals surface area contributed by atoms with Gasteiger partial charge in [-0.2, -0.15) is 0 Å². The van der Waals surface area contributed by atoms with Crippen molar-refractivity contribution in [1.29, 1.82) is 0 Å². The molecule has 0 aliphatic rings. The molecular weight excluding hydrogens is 340 g/mol. The van der Waals surface area contributed by atoms with Gasteiger partial charge in [0.25, 0.3) is 9.05 Å². The Morgan fingerprint density at radius 3 is 2.56 bits per heavy atom. The summed E-state index contributed by atoms with van der Waals surface area (Å²) in [6.45, 7) is 2.79. The first-order valence-corrected chi connectivity index (χ1v) is 8.92. The zero-order valence-corrected chi connectivity index (χ0v) is 13.3. The first kappa shape index (κ1) is 15.8. The Kier molecular flexibility index (Phi) is 6.46. The second-order valence-electron chi connectivity index (χ2n) is 3.94. The maximum absolute atomic E-state index is 11.1. The van der Waals surface area contributed by atoms with Crippen molar-refractivity contribution in [2.75, 3.05) is 6.61 Å². The number of halogens is 2. The van der Waals surface area contributed by atoms with Crippen LogP contribution in [0.15, 0.2) is 27.6 Å². The van der Waals surface area contributed by atoms with Crippen molar-refractivity contribution in [3.8, 4) is 5.75 Å². The Morgan fingerprint density at radius 1 is 1.28 bits per heavy atom. The molecule has 0 aliphatic carbocycles. The summed E-state index contributed by atoms with van der Waals surface area (Å²) in [5.74, 6) is 0.635. The average Bonchev–Trinajstić information content (AvgIpc) is 2.29. The smallest absolute Gasteiger partial charge is 0.261 e. The predicted molar refractivity (Wildman–Crippen MR) is 76.8 cm³/mol. The molecule has 0 heterocycles. The third-order valence-corrected chi connectivity index (χ3v) is 4.41. The summed E-state index contributed by atoms with van der Waals surface area (Å²) in [5.41, 5.74) is 0. The van der Waals surface area contributed by atoms with Gasteiger partial charge in [-0.3, -0.25) is 0 Å². The normalized spacial score (nSPS) is 11.5. The molecule has 0 amide bonds. The van der Waals surface area contributed by atoms with Crippen LogP contribution in [0.5, 0.6) is 5.75 Å². The van der Waals surface area contributed by atoms with E-state index in [9.17, 15) is 8.42 Å². The molecule has 6 heteroatoms. The van der Waals surface area contributed by atoms with E-state index in [0.717, 1.165) is 12.8 Å². The molecule has 0 atom stereocenters. The SMILES string of the molecule is CCCCCCOc1ccc(S(=O)(=O)Cl)cc1Br. The highest BCUT2D eigenvalue weighted by atomic mass is 79.9. The largest absolute Gasteiger partial charge is 0.492 e. The van der Waals surface area contributed by atoms with Crippen molar-refractivity contribution in [1.82, 2.24) is 0 Å². The summed E-state index contributed by atoms with van der Waals surface area (Å²) in [5, 5.41) is 0. The van der Waals surface area contributed by atoms with Gasteiger partial charge in [-0.15, -0.1) is 0 Å². The minimum atomic E-state index is -3.69. The van der Waals surface area contributed by atoms with Crippen molar-refractivity contribution in [3.63, 3.8) is 0 Å². The maximum Gasteiger partial charge on any atom is 0.261 e. The van der Waals surface area contributed by atoms with Crippen molar-refractivity contribution in [2.24, 2.45) is 0 Å². The molecule has 102 valence electrons. The zero-order chi connectivity index (χ0) is 13.6. The molecule has 0 N–H and O–H groups in total. The highest BCUT2D eigenvalue weighted by Gasteiger charge is 2.12. The van der Waals surface area contributed by atoms with Gasteiger partial charge < -0.3 is 4.74 Å². The van der Waals surface area contributed by atoms with Crippen molar-refractivity contribution < 1.29 is 13.2 Å². The molecule has 0 saturated heterocycles. The van der Waals surface area contributed by atoms with E-state index < -0.39 is 9.05 Å². The fraction of sp³-hybridized carbons (Fsp3) is 0.500. The number of benzene rings is 1. The molecule has 18 heavy (non-hydrogen) atoms. The van der Waals surface area contributed by atoms with Gasteiger partial charge in [-0.1, -0.05) is 26.2 Å². The lowest BCUT2D eigenvalue weighted by Crippen LogP contribution is -1.99. The molecule has 1 aromatic carbocycles. The molecule has 0 aromatic heterocycles. The molecule has 3 nitrogen and oxygen atoms in total. The highest BCUT2D eigenvalue weighted by molar-refractivity contribution is 9.10. The summed E-state index contributed by atoms with van der Waals surface area (Å²) in [4.78, 5) is 0.0642. The standard InChI is InChI=1S/C12H16BrClO3S/c1-2-3-4-5-8-17-12-7-6-10(9-11(12)13)18(14,15)16/h6-7,9H,2-5,8H2,1H3. The molecular formula is C12H16BrClO3S. The average molecular weight is 356 g/mol. The van der Waals surface area contributed by atoms with Crippen LogP contribution in [0.4, 0.5) is 0 Å². The number of hydrogen-bond donors (Lipinski definition) is 0. The molecule has 1 rings (SSSR count). The third-order valence-electron chi connectivity index (χ3n) is 2.44. The van der Waals surface area contributed by atoms with Gasteiger partial charge in [-0.25, -0.2) is 8.42 Å². The second-order valence-corrected chi connectivity index (χ2v) is 7.36. The summed E-state index contributed by atoms with van der Waals surface area (Å²) < 4.78 is 28.4. The van der Waals surface area contributed by atoms with Gasteiger partial charge >= 0.3 is 0 Å². The van der Waals surface area contributed by atoms with Crippen LogP contribution >= 0.6 is 26.6 Å². The molecule has 0 aliphatic heterocycles. The number of hydrogen-bond acceptors (Lipinski definition) is 3. The quantitative estimate of drug-likeness (QED) is 0.540. The van der Waals surface area contributed by atoms with Crippen LogP contribution in [-0.4, -0.2) is 15.0 Å². The molecule has 0 fully saturated rings. The minimum Gasteiger partial charge on any atom is -0.492 e. The van der Waals surface area contributed by atoms with Crippen LogP contribution in [-0.2, 0) is 9.05 Å². The van der Waals surface area contributed by atoms with Crippen molar-refractivity contribution in [2.45, 2.75) is 37.5 Å². The van der Waals surface area contributed by atoms with E-state index in [1.807, 2.05) is 0 Å². The first-order chi connectivity index (χ1) is 8.45. The first-order valence-electron chi connectivity index (χ1n) is 5.82. The summed E-state index contributed by atoms with van der Waals surface area (Å²) in [6.07, 6.45) is 4.53. The van der Waals surface area contributed by atoms with Crippen LogP contribution < -0.4 is 4.74 Å². The Morgan fingerprint density at radius 2 is 2.00 bits per heavy atom. The van der Waals surface area contributed by atoms with Gasteiger partial charge in [0.15, 0.2) is 0 Å². The fourth-order valence-electron chi connectivity index (χ4n) is 1.46. The maximum atomic E-state index is 11.1. The van der Waals surface area contributed by atoms with E-state index in [1.165, 1.54) is 25.0 Å². The van der Waals surface area contributed by atoms with E-state index >= 15 is 0 Å². The topological polar surface area (TPSA) is 43.4 Å². The number of ether oxygens (including phenoxy) is 1. The third kappa shape index (κ3) is 5.16. The van der Waals surface area contributed by atoms with Crippen molar-refractivity contribution >= 4 is 35.7 Å². The van der Waals surface area contributed by atoms with E-state index in [-0.39, 0.29) is 4.90 Å². The van der Waals surface area contributed by atoms with E-state index in [2.05, 4.69) is 22.9 Å². The number of rotatable bonds is 7. The van der Waals surface area contributed by atoms with Gasteiger partial charge in [-0.05, 0) is 40.5 Å². The minimum absolute atomic E-state index is 0.0642. The van der Waals surface area contributed by atoms with Gasteiger partial charge in [0.1, 0.15) is 5.75 Å². The summed E-state index contributed by atoms with van der Waals surface area (Å²) >= 11 is 3.27. The molecule has 0 spiro atoms. The Bertz CT molecular complexity index is 488. The van der Waals surface area contributed by atoms with Crippen LogP contribution in [0, 0.1) is 0 Å². The van der Waals surface area contributed by atoms with Crippen LogP contribution in [0.25, 0.3) is 0 Å². The lowest BCUT2D eigenvalue weighted by molar-refractivity contribution is 0.303. The van der Waals surface area contributed by atoms with E-state index in [0.29, 0.717) is 16.8 Å². The van der Waals surface area contributed by atoms with Crippen LogP contribution in [0.3, 0.4) is 0 Å². The van der Waals surface area contributed by atoms with Gasteiger partial charge in [0, 0.05) is 10.7 Å². The molecule has 0 radical (unpaired) electrons. The highest BCUT2D eigenvalue weighted by Crippen LogP contribution is 2.29.